The van der Waals surface area contributed by atoms with E-state index >= 15 is 0 Å². The van der Waals surface area contributed by atoms with Gasteiger partial charge in [0.15, 0.2) is 0 Å². The molecule has 0 aliphatic heterocycles. The minimum atomic E-state index is -3.77. The summed E-state index contributed by atoms with van der Waals surface area (Å²) < 4.78 is 34.4. The second-order valence-electron chi connectivity index (χ2n) is 2.60. The molecule has 0 aliphatic carbocycles. The Bertz CT molecular complexity index is 493. The van der Waals surface area contributed by atoms with Crippen molar-refractivity contribution in [3.05, 3.63) is 35.1 Å². The van der Waals surface area contributed by atoms with Gasteiger partial charge < -0.3 is 0 Å². The second kappa shape index (κ2) is 3.95. The van der Waals surface area contributed by atoms with Gasteiger partial charge >= 0.3 is 0 Å². The summed E-state index contributed by atoms with van der Waals surface area (Å²) >= 11 is 0. The fourth-order valence-corrected chi connectivity index (χ4v) is 1.88. The van der Waals surface area contributed by atoms with Crippen molar-refractivity contribution >= 4 is 19.7 Å². The Kier molecular flexibility index (Phi) is 3.09. The van der Waals surface area contributed by atoms with E-state index in [2.05, 4.69) is 0 Å². The summed E-state index contributed by atoms with van der Waals surface area (Å²) in [5, 5.41) is 8.42. The van der Waals surface area contributed by atoms with Crippen LogP contribution < -0.4 is 0 Å². The Hall–Kier alpha value is -1.12. The zero-order chi connectivity index (χ0) is 10.8. The molecule has 1 aromatic carbocycles. The molecule has 0 bridgehead atoms. The molecular weight excluding hydrogens is 229 g/mol. The van der Waals surface area contributed by atoms with E-state index in [-0.39, 0.29) is 11.1 Å². The van der Waals surface area contributed by atoms with Crippen LogP contribution in [0.15, 0.2) is 18.2 Å². The molecule has 0 fully saturated rings. The smallest absolute Gasteiger partial charge is 0.212 e. The molecule has 1 rings (SSSR count). The van der Waals surface area contributed by atoms with Gasteiger partial charge in [0, 0.05) is 16.2 Å². The molecule has 0 saturated heterocycles. The third kappa shape index (κ3) is 2.98. The number of hydrogen-bond acceptors (Lipinski definition) is 3. The zero-order valence-electron chi connectivity index (χ0n) is 6.87. The molecule has 0 spiro atoms. The van der Waals surface area contributed by atoms with E-state index in [0.29, 0.717) is 0 Å². The van der Waals surface area contributed by atoms with E-state index in [1.807, 2.05) is 0 Å². The van der Waals surface area contributed by atoms with Gasteiger partial charge in [0.2, 0.25) is 9.05 Å². The number of hydrogen-bond donors (Lipinski definition) is 0. The van der Waals surface area contributed by atoms with Crippen LogP contribution in [0.3, 0.4) is 0 Å². The van der Waals surface area contributed by atoms with Gasteiger partial charge in [0.05, 0.1) is 17.4 Å². The van der Waals surface area contributed by atoms with Gasteiger partial charge in [-0.15, -0.1) is 0 Å². The summed E-state index contributed by atoms with van der Waals surface area (Å²) in [6, 6.07) is 5.27. The average molecular weight is 234 g/mol. The minimum Gasteiger partial charge on any atom is -0.212 e. The lowest BCUT2D eigenvalue weighted by Crippen LogP contribution is -1.98. The Labute approximate surface area is 85.2 Å². The lowest BCUT2D eigenvalue weighted by atomic mass is 10.1. The summed E-state index contributed by atoms with van der Waals surface area (Å²) in [5.74, 6) is -1.32. The molecule has 0 N–H and O–H groups in total. The highest BCUT2D eigenvalue weighted by molar-refractivity contribution is 8.13. The molecule has 1 aromatic rings. The standard InChI is InChI=1S/C8H5ClFNO2S/c9-14(12,13)5-7-2-1-6(4-11)3-8(7)10/h1-3H,5H2. The van der Waals surface area contributed by atoms with Crippen molar-refractivity contribution in [2.75, 3.05) is 0 Å². The van der Waals surface area contributed by atoms with E-state index in [1.165, 1.54) is 12.1 Å². The molecule has 0 atom stereocenters. The number of rotatable bonds is 2. The molecule has 14 heavy (non-hydrogen) atoms. The van der Waals surface area contributed by atoms with Gasteiger partial charge in [0.25, 0.3) is 0 Å². The maximum Gasteiger partial charge on any atom is 0.236 e. The third-order valence-corrected chi connectivity index (χ3v) is 2.49. The van der Waals surface area contributed by atoms with Gasteiger partial charge in [-0.1, -0.05) is 6.07 Å². The first-order chi connectivity index (χ1) is 6.42. The Morgan fingerprint density at radius 2 is 2.14 bits per heavy atom. The number of benzene rings is 1. The quantitative estimate of drug-likeness (QED) is 0.732. The molecule has 3 nitrogen and oxygen atoms in total. The highest BCUT2D eigenvalue weighted by atomic mass is 35.7. The van der Waals surface area contributed by atoms with E-state index in [9.17, 15) is 12.8 Å². The van der Waals surface area contributed by atoms with Crippen LogP contribution in [0.1, 0.15) is 11.1 Å². The number of nitriles is 1. The largest absolute Gasteiger partial charge is 0.236 e. The van der Waals surface area contributed by atoms with E-state index < -0.39 is 20.6 Å². The van der Waals surface area contributed by atoms with E-state index in [4.69, 9.17) is 15.9 Å². The molecule has 0 aromatic heterocycles. The monoisotopic (exact) mass is 233 g/mol. The van der Waals surface area contributed by atoms with Crippen molar-refractivity contribution < 1.29 is 12.8 Å². The van der Waals surface area contributed by atoms with Crippen LogP contribution in [0.4, 0.5) is 4.39 Å². The fourth-order valence-electron chi connectivity index (χ4n) is 0.920. The minimum absolute atomic E-state index is 0.0426. The maximum atomic E-state index is 13.1. The van der Waals surface area contributed by atoms with Crippen LogP contribution in [0.2, 0.25) is 0 Å². The number of halogens is 2. The third-order valence-electron chi connectivity index (χ3n) is 1.51. The zero-order valence-corrected chi connectivity index (χ0v) is 8.44. The van der Waals surface area contributed by atoms with Crippen LogP contribution >= 0.6 is 10.7 Å². The van der Waals surface area contributed by atoms with E-state index in [1.54, 1.807) is 6.07 Å². The van der Waals surface area contributed by atoms with Crippen LogP contribution in [-0.4, -0.2) is 8.42 Å². The molecule has 74 valence electrons. The summed E-state index contributed by atoms with van der Waals surface area (Å²) in [5.41, 5.74) is 0.0946. The Balaban J connectivity index is 3.09. The molecule has 0 aliphatic rings. The van der Waals surface area contributed by atoms with Crippen molar-refractivity contribution in [2.45, 2.75) is 5.75 Å². The van der Waals surface area contributed by atoms with Crippen LogP contribution in [0.25, 0.3) is 0 Å². The molecule has 0 amide bonds. The van der Waals surface area contributed by atoms with Gasteiger partial charge in [-0.05, 0) is 12.1 Å². The first kappa shape index (κ1) is 11.0. The van der Waals surface area contributed by atoms with Crippen LogP contribution in [-0.2, 0) is 14.8 Å². The van der Waals surface area contributed by atoms with Gasteiger partial charge in [0.1, 0.15) is 5.82 Å². The topological polar surface area (TPSA) is 57.9 Å². The van der Waals surface area contributed by atoms with Gasteiger partial charge in [-0.2, -0.15) is 5.26 Å². The van der Waals surface area contributed by atoms with Crippen molar-refractivity contribution in [2.24, 2.45) is 0 Å². The van der Waals surface area contributed by atoms with Crippen LogP contribution in [0, 0.1) is 17.1 Å². The number of nitrogens with zero attached hydrogens (tertiary/aromatic N) is 1. The Morgan fingerprint density at radius 1 is 1.50 bits per heavy atom. The summed E-state index contributed by atoms with van der Waals surface area (Å²) in [6.07, 6.45) is 0. The highest BCUT2D eigenvalue weighted by Crippen LogP contribution is 2.15. The predicted octanol–water partition coefficient (Wildman–Crippen LogP) is 1.77. The normalized spacial score (nSPS) is 10.9. The maximum absolute atomic E-state index is 13.1. The van der Waals surface area contributed by atoms with Gasteiger partial charge in [-0.25, -0.2) is 12.8 Å². The Morgan fingerprint density at radius 3 is 2.57 bits per heavy atom. The molecule has 0 radical (unpaired) electrons. The first-order valence-corrected chi connectivity index (χ1v) is 6.01. The summed E-state index contributed by atoms with van der Waals surface area (Å²) in [6.45, 7) is 0. The van der Waals surface area contributed by atoms with Gasteiger partial charge in [-0.3, -0.25) is 0 Å². The molecule has 0 saturated carbocycles. The van der Waals surface area contributed by atoms with E-state index in [0.717, 1.165) is 6.07 Å². The molecule has 0 heterocycles. The van der Waals surface area contributed by atoms with Crippen molar-refractivity contribution in [1.29, 1.82) is 5.26 Å². The first-order valence-electron chi connectivity index (χ1n) is 3.53. The molecular formula is C8H5ClFNO2S. The summed E-state index contributed by atoms with van der Waals surface area (Å²) in [4.78, 5) is 0. The van der Waals surface area contributed by atoms with Crippen molar-refractivity contribution in [3.63, 3.8) is 0 Å². The lowest BCUT2D eigenvalue weighted by molar-refractivity contribution is 0.597. The lowest BCUT2D eigenvalue weighted by Gasteiger charge is -1.99. The fraction of sp³-hybridized carbons (Fsp3) is 0.125. The highest BCUT2D eigenvalue weighted by Gasteiger charge is 2.11. The summed E-state index contributed by atoms with van der Waals surface area (Å²) in [7, 11) is 1.18. The van der Waals surface area contributed by atoms with Crippen LogP contribution in [0.5, 0.6) is 0 Å². The molecule has 0 unspecified atom stereocenters. The molecule has 6 heteroatoms. The second-order valence-corrected chi connectivity index (χ2v) is 5.38. The van der Waals surface area contributed by atoms with Crippen molar-refractivity contribution in [1.82, 2.24) is 0 Å². The average Bonchev–Trinajstić information content (AvgIpc) is 2.06. The SMILES string of the molecule is N#Cc1ccc(CS(=O)(=O)Cl)c(F)c1. The van der Waals surface area contributed by atoms with Crippen molar-refractivity contribution in [3.8, 4) is 6.07 Å². The predicted molar refractivity (Wildman–Crippen MR) is 49.6 cm³/mol.